The summed E-state index contributed by atoms with van der Waals surface area (Å²) in [6, 6.07) is 0. The predicted octanol–water partition coefficient (Wildman–Crippen LogP) is -1.56. The fourth-order valence-electron chi connectivity index (χ4n) is 1.48. The van der Waals surface area contributed by atoms with Gasteiger partial charge in [0.25, 0.3) is 0 Å². The summed E-state index contributed by atoms with van der Waals surface area (Å²) in [4.78, 5) is 19.5. The van der Waals surface area contributed by atoms with E-state index in [2.05, 4.69) is 0 Å². The van der Waals surface area contributed by atoms with Crippen molar-refractivity contribution in [3.8, 4) is 0 Å². The minimum Gasteiger partial charge on any atom is -0.479 e. The van der Waals surface area contributed by atoms with Crippen LogP contribution in [0.25, 0.3) is 0 Å². The standard InChI is InChI=1S/C6H14N2.C4H6O6/c7-6(8)4-2-1-3-5-6;5-1(3(7)8)2(6)4(9)10/h1-5,7-8H2;1-2,5-6H,(H,7,8)(H,9,10). The van der Waals surface area contributed by atoms with Gasteiger partial charge < -0.3 is 31.9 Å². The summed E-state index contributed by atoms with van der Waals surface area (Å²) in [5.74, 6) is -3.54. The molecule has 1 aliphatic carbocycles. The number of carboxylic acid groups (broad SMARTS) is 2. The van der Waals surface area contributed by atoms with Crippen LogP contribution in [0.4, 0.5) is 0 Å². The fraction of sp³-hybridized carbons (Fsp3) is 0.800. The Kier molecular flexibility index (Phi) is 6.77. The lowest BCUT2D eigenvalue weighted by Gasteiger charge is -2.28. The monoisotopic (exact) mass is 264 g/mol. The normalized spacial score (nSPS) is 21.1. The van der Waals surface area contributed by atoms with Crippen LogP contribution in [-0.4, -0.2) is 50.2 Å². The number of aliphatic hydroxyl groups excluding tert-OH is 2. The molecule has 0 aliphatic heterocycles. The molecule has 18 heavy (non-hydrogen) atoms. The van der Waals surface area contributed by atoms with Gasteiger partial charge >= 0.3 is 11.9 Å². The Hall–Kier alpha value is -1.22. The Morgan fingerprint density at radius 2 is 1.22 bits per heavy atom. The number of carbonyl (C=O) groups is 2. The van der Waals surface area contributed by atoms with Gasteiger partial charge in [0.2, 0.25) is 0 Å². The van der Waals surface area contributed by atoms with E-state index in [9.17, 15) is 9.59 Å². The van der Waals surface area contributed by atoms with E-state index in [4.69, 9.17) is 31.9 Å². The molecule has 8 heteroatoms. The van der Waals surface area contributed by atoms with Gasteiger partial charge in [-0.05, 0) is 12.8 Å². The lowest BCUT2D eigenvalue weighted by molar-refractivity contribution is -0.165. The number of nitrogens with two attached hydrogens (primary N) is 2. The average molecular weight is 264 g/mol. The molecule has 0 radical (unpaired) electrons. The van der Waals surface area contributed by atoms with E-state index in [1.165, 1.54) is 19.3 Å². The van der Waals surface area contributed by atoms with Gasteiger partial charge in [-0.1, -0.05) is 19.3 Å². The fourth-order valence-corrected chi connectivity index (χ4v) is 1.48. The first-order valence-corrected chi connectivity index (χ1v) is 5.57. The highest BCUT2D eigenvalue weighted by Crippen LogP contribution is 2.20. The number of aliphatic hydroxyl groups is 2. The number of rotatable bonds is 3. The van der Waals surface area contributed by atoms with E-state index < -0.39 is 24.1 Å². The summed E-state index contributed by atoms with van der Waals surface area (Å²) < 4.78 is 0. The van der Waals surface area contributed by atoms with Gasteiger partial charge in [0.15, 0.2) is 12.2 Å². The maximum absolute atomic E-state index is 9.77. The summed E-state index contributed by atoms with van der Waals surface area (Å²) in [5.41, 5.74) is 11.0. The minimum atomic E-state index is -2.27. The molecule has 0 heterocycles. The van der Waals surface area contributed by atoms with Crippen LogP contribution < -0.4 is 11.5 Å². The molecule has 1 aliphatic rings. The SMILES string of the molecule is NC1(N)CCCCC1.O=C(O)C(O)C(O)C(=O)O. The lowest BCUT2D eigenvalue weighted by atomic mass is 9.91. The van der Waals surface area contributed by atoms with Crippen molar-refractivity contribution in [2.24, 2.45) is 11.5 Å². The van der Waals surface area contributed by atoms with E-state index in [0.717, 1.165) is 12.8 Å². The van der Waals surface area contributed by atoms with Crippen LogP contribution in [0, 0.1) is 0 Å². The van der Waals surface area contributed by atoms with Crippen molar-refractivity contribution in [2.45, 2.75) is 50.0 Å². The van der Waals surface area contributed by atoms with Crippen LogP contribution in [0.1, 0.15) is 32.1 Å². The van der Waals surface area contributed by atoms with Gasteiger partial charge in [0.05, 0.1) is 5.66 Å². The van der Waals surface area contributed by atoms with Crippen molar-refractivity contribution >= 4 is 11.9 Å². The molecular weight excluding hydrogens is 244 g/mol. The summed E-state index contributed by atoms with van der Waals surface area (Å²) >= 11 is 0. The van der Waals surface area contributed by atoms with Gasteiger partial charge in [-0.2, -0.15) is 0 Å². The highest BCUT2D eigenvalue weighted by atomic mass is 16.4. The molecule has 0 amide bonds. The van der Waals surface area contributed by atoms with Crippen LogP contribution in [0.2, 0.25) is 0 Å². The maximum Gasteiger partial charge on any atom is 0.335 e. The summed E-state index contributed by atoms with van der Waals surface area (Å²) in [6.45, 7) is 0. The summed E-state index contributed by atoms with van der Waals surface area (Å²) in [6.07, 6.45) is 1.23. The molecule has 1 fully saturated rings. The number of aliphatic carboxylic acids is 2. The van der Waals surface area contributed by atoms with Crippen LogP contribution in [0.5, 0.6) is 0 Å². The van der Waals surface area contributed by atoms with Crippen molar-refractivity contribution in [1.82, 2.24) is 0 Å². The Morgan fingerprint density at radius 3 is 1.39 bits per heavy atom. The molecule has 8 N–H and O–H groups in total. The van der Waals surface area contributed by atoms with Crippen molar-refractivity contribution < 1.29 is 30.0 Å². The maximum atomic E-state index is 9.77. The van der Waals surface area contributed by atoms with Crippen LogP contribution >= 0.6 is 0 Å². The van der Waals surface area contributed by atoms with Gasteiger partial charge in [-0.15, -0.1) is 0 Å². The van der Waals surface area contributed by atoms with Crippen LogP contribution in [-0.2, 0) is 9.59 Å². The molecule has 2 unspecified atom stereocenters. The molecule has 0 aromatic rings. The highest BCUT2D eigenvalue weighted by molar-refractivity contribution is 5.83. The molecule has 2 atom stereocenters. The lowest BCUT2D eigenvalue weighted by Crippen LogP contribution is -2.50. The molecule has 0 spiro atoms. The van der Waals surface area contributed by atoms with Gasteiger partial charge in [0, 0.05) is 0 Å². The zero-order chi connectivity index (χ0) is 14.3. The molecule has 0 aromatic heterocycles. The van der Waals surface area contributed by atoms with Crippen LogP contribution in [0.15, 0.2) is 0 Å². The van der Waals surface area contributed by atoms with Gasteiger partial charge in [-0.25, -0.2) is 9.59 Å². The van der Waals surface area contributed by atoms with E-state index >= 15 is 0 Å². The smallest absolute Gasteiger partial charge is 0.335 e. The van der Waals surface area contributed by atoms with E-state index in [0.29, 0.717) is 0 Å². The second-order valence-corrected chi connectivity index (χ2v) is 4.36. The van der Waals surface area contributed by atoms with Crippen molar-refractivity contribution in [3.05, 3.63) is 0 Å². The third kappa shape index (κ3) is 6.50. The number of hydrogen-bond acceptors (Lipinski definition) is 6. The number of hydrogen-bond donors (Lipinski definition) is 6. The first-order valence-electron chi connectivity index (χ1n) is 5.57. The first-order chi connectivity index (χ1) is 8.17. The Bertz CT molecular complexity index is 268. The zero-order valence-electron chi connectivity index (χ0n) is 9.95. The van der Waals surface area contributed by atoms with Crippen molar-refractivity contribution in [2.75, 3.05) is 0 Å². The summed E-state index contributed by atoms with van der Waals surface area (Å²) in [7, 11) is 0. The third-order valence-corrected chi connectivity index (χ3v) is 2.59. The van der Waals surface area contributed by atoms with Gasteiger partial charge in [-0.3, -0.25) is 0 Å². The molecule has 0 saturated heterocycles. The molecule has 1 saturated carbocycles. The minimum absolute atomic E-state index is 0.321. The predicted molar refractivity (Wildman–Crippen MR) is 61.5 cm³/mol. The highest BCUT2D eigenvalue weighted by Gasteiger charge is 2.29. The second kappa shape index (κ2) is 7.27. The Labute approximate surface area is 104 Å². The topological polar surface area (TPSA) is 167 Å². The molecule has 1 rings (SSSR count). The Balaban J connectivity index is 0.000000327. The Morgan fingerprint density at radius 1 is 0.889 bits per heavy atom. The van der Waals surface area contributed by atoms with E-state index in [1.54, 1.807) is 0 Å². The third-order valence-electron chi connectivity index (χ3n) is 2.59. The quantitative estimate of drug-likeness (QED) is 0.333. The first kappa shape index (κ1) is 16.8. The van der Waals surface area contributed by atoms with Crippen molar-refractivity contribution in [3.63, 3.8) is 0 Å². The molecular formula is C10H20N2O6. The van der Waals surface area contributed by atoms with Gasteiger partial charge in [0.1, 0.15) is 0 Å². The molecule has 0 bridgehead atoms. The summed E-state index contributed by atoms with van der Waals surface area (Å²) in [5, 5.41) is 32.5. The van der Waals surface area contributed by atoms with Crippen molar-refractivity contribution in [1.29, 1.82) is 0 Å². The molecule has 8 nitrogen and oxygen atoms in total. The average Bonchev–Trinajstić information content (AvgIpc) is 2.27. The molecule has 106 valence electrons. The largest absolute Gasteiger partial charge is 0.479 e. The van der Waals surface area contributed by atoms with E-state index in [-0.39, 0.29) is 5.66 Å². The number of carboxylic acids is 2. The van der Waals surface area contributed by atoms with Crippen LogP contribution in [0.3, 0.4) is 0 Å². The van der Waals surface area contributed by atoms with E-state index in [1.807, 2.05) is 0 Å². The zero-order valence-corrected chi connectivity index (χ0v) is 9.95. The second-order valence-electron chi connectivity index (χ2n) is 4.36. The molecule has 0 aromatic carbocycles.